The minimum Gasteiger partial charge on any atom is -0.294 e. The smallest absolute Gasteiger partial charge is 0.161 e. The summed E-state index contributed by atoms with van der Waals surface area (Å²) in [7, 11) is 0. The van der Waals surface area contributed by atoms with Crippen LogP contribution in [-0.2, 0) is 17.6 Å². The first kappa shape index (κ1) is 24.8. The number of rotatable bonds is 3. The highest BCUT2D eigenvalue weighted by atomic mass is 32.2. The van der Waals surface area contributed by atoms with Gasteiger partial charge in [0.1, 0.15) is 22.8 Å². The van der Waals surface area contributed by atoms with Crippen molar-refractivity contribution in [3.8, 4) is 12.1 Å². The lowest BCUT2D eigenvalue weighted by atomic mass is 9.66. The van der Waals surface area contributed by atoms with E-state index in [-0.39, 0.29) is 17.0 Å². The summed E-state index contributed by atoms with van der Waals surface area (Å²) in [5.41, 5.74) is 3.83. The third-order valence-corrected chi connectivity index (χ3v) is 9.70. The van der Waals surface area contributed by atoms with Gasteiger partial charge >= 0.3 is 0 Å². The first-order chi connectivity index (χ1) is 17.3. The Kier molecular flexibility index (Phi) is 6.57. The van der Waals surface area contributed by atoms with Gasteiger partial charge in [-0.1, -0.05) is 32.4 Å². The predicted molar refractivity (Wildman–Crippen MR) is 146 cm³/mol. The molecule has 0 fully saturated rings. The number of anilines is 1. The van der Waals surface area contributed by atoms with E-state index in [0.29, 0.717) is 24.0 Å². The van der Waals surface area contributed by atoms with Gasteiger partial charge in [0, 0.05) is 33.4 Å². The van der Waals surface area contributed by atoms with E-state index >= 15 is 0 Å². The van der Waals surface area contributed by atoms with Crippen LogP contribution in [0.2, 0.25) is 0 Å². The molecule has 0 bridgehead atoms. The maximum absolute atomic E-state index is 13.8. The molecule has 1 aromatic heterocycles. The van der Waals surface area contributed by atoms with Crippen molar-refractivity contribution in [2.75, 3.05) is 11.2 Å². The van der Waals surface area contributed by atoms with E-state index in [2.05, 4.69) is 26.0 Å². The molecule has 1 N–H and O–H groups in total. The highest BCUT2D eigenvalue weighted by molar-refractivity contribution is 7.98. The Balaban J connectivity index is 1.75. The summed E-state index contributed by atoms with van der Waals surface area (Å²) in [5.74, 6) is -1.05. The molecular formula is C29H30N4OS2. The van der Waals surface area contributed by atoms with Crippen LogP contribution in [0, 0.1) is 39.4 Å². The van der Waals surface area contributed by atoms with Crippen LogP contribution >= 0.6 is 23.1 Å². The van der Waals surface area contributed by atoms with Crippen LogP contribution in [0.15, 0.2) is 40.4 Å². The van der Waals surface area contributed by atoms with Crippen LogP contribution in [0.1, 0.15) is 73.4 Å². The third-order valence-electron chi connectivity index (χ3n) is 7.68. The van der Waals surface area contributed by atoms with Gasteiger partial charge in [0.2, 0.25) is 0 Å². The first-order valence-corrected chi connectivity index (χ1v) is 14.6. The minimum atomic E-state index is -0.803. The zero-order chi connectivity index (χ0) is 25.6. The van der Waals surface area contributed by atoms with E-state index in [1.165, 1.54) is 4.88 Å². The van der Waals surface area contributed by atoms with E-state index in [1.807, 2.05) is 35.4 Å². The predicted octanol–water partition coefficient (Wildman–Crippen LogP) is 6.97. The summed E-state index contributed by atoms with van der Waals surface area (Å²) in [6.07, 6.45) is 8.19. The fourth-order valence-corrected chi connectivity index (χ4v) is 7.79. The first-order valence-electron chi connectivity index (χ1n) is 12.5. The molecule has 0 amide bonds. The Morgan fingerprint density at radius 3 is 2.50 bits per heavy atom. The summed E-state index contributed by atoms with van der Waals surface area (Å²) in [4.78, 5) is 17.9. The number of benzene rings is 1. The SMILES string of the molecule is CSc1ccc(C2C3=C(CC(C)(C)CC3=O)N(c3sc4c(c3C#N)CCCCC4)C(=N)C2C#N)cc1. The largest absolute Gasteiger partial charge is 0.294 e. The summed E-state index contributed by atoms with van der Waals surface area (Å²) in [6.45, 7) is 4.17. The van der Waals surface area contributed by atoms with Crippen molar-refractivity contribution >= 4 is 39.7 Å². The maximum atomic E-state index is 13.8. The van der Waals surface area contributed by atoms with Crippen molar-refractivity contribution in [1.29, 1.82) is 15.9 Å². The number of carbonyl (C=O) groups excluding carboxylic acids is 1. The van der Waals surface area contributed by atoms with Crippen molar-refractivity contribution < 1.29 is 4.79 Å². The summed E-state index contributed by atoms with van der Waals surface area (Å²) in [6, 6.07) is 12.9. The highest BCUT2D eigenvalue weighted by Crippen LogP contribution is 2.52. The molecule has 36 heavy (non-hydrogen) atoms. The van der Waals surface area contributed by atoms with Gasteiger partial charge in [0.25, 0.3) is 0 Å². The molecule has 1 aromatic carbocycles. The zero-order valence-electron chi connectivity index (χ0n) is 21.0. The molecule has 2 heterocycles. The van der Waals surface area contributed by atoms with E-state index < -0.39 is 11.8 Å². The van der Waals surface area contributed by atoms with Gasteiger partial charge in [-0.2, -0.15) is 10.5 Å². The number of fused-ring (bicyclic) bond motifs is 1. The number of amidine groups is 1. The number of aryl methyl sites for hydroxylation is 1. The Hall–Kier alpha value is -2.87. The highest BCUT2D eigenvalue weighted by Gasteiger charge is 2.49. The number of thiophene rings is 1. The van der Waals surface area contributed by atoms with E-state index in [9.17, 15) is 20.7 Å². The lowest BCUT2D eigenvalue weighted by Gasteiger charge is -2.45. The molecule has 2 unspecified atom stereocenters. The Labute approximate surface area is 221 Å². The van der Waals surface area contributed by atoms with Crippen LogP contribution in [0.4, 0.5) is 5.00 Å². The van der Waals surface area contributed by atoms with Crippen LogP contribution in [-0.4, -0.2) is 17.9 Å². The Morgan fingerprint density at radius 1 is 1.11 bits per heavy atom. The number of hydrogen-bond donors (Lipinski definition) is 1. The van der Waals surface area contributed by atoms with E-state index in [1.54, 1.807) is 23.1 Å². The maximum Gasteiger partial charge on any atom is 0.161 e. The van der Waals surface area contributed by atoms with Gasteiger partial charge in [-0.25, -0.2) is 0 Å². The van der Waals surface area contributed by atoms with Gasteiger partial charge in [0.15, 0.2) is 5.78 Å². The molecule has 0 saturated heterocycles. The average molecular weight is 515 g/mol. The van der Waals surface area contributed by atoms with Crippen molar-refractivity contribution in [3.05, 3.63) is 57.1 Å². The van der Waals surface area contributed by atoms with Gasteiger partial charge in [-0.3, -0.25) is 15.1 Å². The summed E-state index contributed by atoms with van der Waals surface area (Å²) >= 11 is 3.23. The van der Waals surface area contributed by atoms with Gasteiger partial charge in [-0.05, 0) is 67.0 Å². The van der Waals surface area contributed by atoms with Crippen LogP contribution < -0.4 is 4.90 Å². The number of carbonyl (C=O) groups is 1. The molecule has 3 aliphatic rings. The number of nitriles is 2. The molecule has 1 aliphatic heterocycles. The molecule has 0 spiro atoms. The summed E-state index contributed by atoms with van der Waals surface area (Å²) < 4.78 is 0. The topological polar surface area (TPSA) is 91.7 Å². The van der Waals surface area contributed by atoms with Gasteiger partial charge in [0.05, 0.1) is 11.6 Å². The number of allylic oxidation sites excluding steroid dienone is 2. The van der Waals surface area contributed by atoms with Crippen molar-refractivity contribution in [2.24, 2.45) is 11.3 Å². The normalized spacial score (nSPS) is 23.4. The number of nitrogens with zero attached hydrogens (tertiary/aromatic N) is 3. The zero-order valence-corrected chi connectivity index (χ0v) is 22.6. The fourth-order valence-electron chi connectivity index (χ4n) is 6.00. The van der Waals surface area contributed by atoms with Gasteiger partial charge in [-0.15, -0.1) is 23.1 Å². The fraction of sp³-hybridized carbons (Fsp3) is 0.448. The van der Waals surface area contributed by atoms with E-state index in [4.69, 9.17) is 0 Å². The van der Waals surface area contributed by atoms with Crippen molar-refractivity contribution in [1.82, 2.24) is 0 Å². The summed E-state index contributed by atoms with van der Waals surface area (Å²) in [5, 5.41) is 30.6. The molecule has 2 aromatic rings. The molecule has 2 aliphatic carbocycles. The number of thioether (sulfide) groups is 1. The molecule has 2 atom stereocenters. The Bertz CT molecular complexity index is 1350. The molecule has 0 saturated carbocycles. The Morgan fingerprint density at radius 2 is 1.83 bits per heavy atom. The quantitative estimate of drug-likeness (QED) is 0.352. The number of nitrogens with one attached hydrogen (secondary N) is 1. The van der Waals surface area contributed by atoms with Crippen molar-refractivity contribution in [3.63, 3.8) is 0 Å². The number of ketones is 1. The molecule has 5 nitrogen and oxygen atoms in total. The van der Waals surface area contributed by atoms with Gasteiger partial charge < -0.3 is 0 Å². The molecule has 0 radical (unpaired) electrons. The molecule has 7 heteroatoms. The number of Topliss-reactive ketones (excluding diaryl/α,β-unsaturated/α-hetero) is 1. The minimum absolute atomic E-state index is 0.0505. The van der Waals surface area contributed by atoms with Crippen LogP contribution in [0.3, 0.4) is 0 Å². The number of hydrogen-bond acceptors (Lipinski definition) is 6. The lowest BCUT2D eigenvalue weighted by molar-refractivity contribution is -0.118. The van der Waals surface area contributed by atoms with E-state index in [0.717, 1.165) is 58.8 Å². The van der Waals surface area contributed by atoms with Crippen LogP contribution in [0.25, 0.3) is 0 Å². The second kappa shape index (κ2) is 9.54. The lowest BCUT2D eigenvalue weighted by Crippen LogP contribution is -2.48. The second-order valence-electron chi connectivity index (χ2n) is 10.7. The second-order valence-corrected chi connectivity index (χ2v) is 12.7. The third kappa shape index (κ3) is 4.09. The molecule has 184 valence electrons. The van der Waals surface area contributed by atoms with Crippen molar-refractivity contribution in [2.45, 2.75) is 69.6 Å². The monoisotopic (exact) mass is 514 g/mol. The average Bonchev–Trinajstić information content (AvgIpc) is 3.02. The molecule has 5 rings (SSSR count). The standard InChI is InChI=1S/C29H30N4OS2/c1-29(2)13-22-26(23(34)14-29)25(17-9-11-18(35-3)12-10-17)21(16-31)27(32)33(22)28-20(15-30)19-7-5-4-6-8-24(19)36-28/h9-12,21,25,32H,4-8,13-14H2,1-3H3. The molecular weight excluding hydrogens is 484 g/mol. The van der Waals surface area contributed by atoms with Crippen LogP contribution in [0.5, 0.6) is 0 Å².